The Morgan fingerprint density at radius 3 is 2.68 bits per heavy atom. The quantitative estimate of drug-likeness (QED) is 0.714. The van der Waals surface area contributed by atoms with Crippen LogP contribution in [-0.2, 0) is 6.18 Å². The Kier molecular flexibility index (Phi) is 6.31. The van der Waals surface area contributed by atoms with Gasteiger partial charge in [0, 0.05) is 30.8 Å². The molecule has 4 rings (SSSR count). The standard InChI is InChI=1S/C22H27F3N4O2/c1-15-7-10-28(11-8-15)13-16-4-3-9-29(14-16)20(30)18-6-2-5-17(12-18)19-26-21(31-27-19)22(23,24)25/h2,5-6,12,15-16H,3-4,7-11,13-14H2,1H3/t16-/m0/s1. The molecule has 31 heavy (non-hydrogen) atoms. The monoisotopic (exact) mass is 436 g/mol. The van der Waals surface area contributed by atoms with Crippen molar-refractivity contribution in [2.75, 3.05) is 32.7 Å². The van der Waals surface area contributed by atoms with Crippen LogP contribution in [0.4, 0.5) is 13.2 Å². The third kappa shape index (κ3) is 5.26. The number of aromatic nitrogens is 2. The van der Waals surface area contributed by atoms with Crippen LogP contribution < -0.4 is 0 Å². The van der Waals surface area contributed by atoms with Crippen LogP contribution >= 0.6 is 0 Å². The van der Waals surface area contributed by atoms with Gasteiger partial charge in [-0.1, -0.05) is 24.2 Å². The van der Waals surface area contributed by atoms with Crippen LogP contribution in [0.15, 0.2) is 28.8 Å². The predicted molar refractivity (Wildman–Crippen MR) is 108 cm³/mol. The molecule has 0 N–H and O–H groups in total. The molecule has 0 aliphatic carbocycles. The molecule has 0 bridgehead atoms. The van der Waals surface area contributed by atoms with Gasteiger partial charge in [0.15, 0.2) is 0 Å². The SMILES string of the molecule is CC1CCN(C[C@@H]2CCCN(C(=O)c3cccc(-c4noc(C(F)(F)F)n4)c3)C2)CC1. The van der Waals surface area contributed by atoms with Gasteiger partial charge in [-0.2, -0.15) is 18.2 Å². The van der Waals surface area contributed by atoms with Crippen LogP contribution in [0.25, 0.3) is 11.4 Å². The van der Waals surface area contributed by atoms with Crippen molar-refractivity contribution in [3.05, 3.63) is 35.7 Å². The second kappa shape index (κ2) is 8.98. The van der Waals surface area contributed by atoms with E-state index < -0.39 is 12.1 Å². The van der Waals surface area contributed by atoms with Crippen molar-refractivity contribution < 1.29 is 22.5 Å². The normalized spacial score (nSPS) is 21.4. The van der Waals surface area contributed by atoms with E-state index in [1.54, 1.807) is 18.2 Å². The molecule has 0 spiro atoms. The Hall–Kier alpha value is -2.42. The summed E-state index contributed by atoms with van der Waals surface area (Å²) in [7, 11) is 0. The lowest BCUT2D eigenvalue weighted by Crippen LogP contribution is -2.45. The number of alkyl halides is 3. The number of benzene rings is 1. The Bertz CT molecular complexity index is 906. The van der Waals surface area contributed by atoms with Crippen LogP contribution in [0.5, 0.6) is 0 Å². The molecule has 0 radical (unpaired) electrons. The molecule has 2 fully saturated rings. The van der Waals surface area contributed by atoms with Gasteiger partial charge in [-0.25, -0.2) is 0 Å². The molecule has 0 saturated carbocycles. The van der Waals surface area contributed by atoms with Crippen molar-refractivity contribution in [2.24, 2.45) is 11.8 Å². The number of amides is 1. The molecular weight excluding hydrogens is 409 g/mol. The average Bonchev–Trinajstić information content (AvgIpc) is 3.26. The van der Waals surface area contributed by atoms with E-state index in [1.165, 1.54) is 18.9 Å². The summed E-state index contributed by atoms with van der Waals surface area (Å²) in [6.07, 6.45) is -0.171. The minimum absolute atomic E-state index is 0.113. The Morgan fingerprint density at radius 1 is 1.19 bits per heavy atom. The van der Waals surface area contributed by atoms with Gasteiger partial charge in [0.05, 0.1) is 0 Å². The minimum Gasteiger partial charge on any atom is -0.338 e. The fourth-order valence-electron chi connectivity index (χ4n) is 4.44. The summed E-state index contributed by atoms with van der Waals surface area (Å²) in [4.78, 5) is 20.9. The third-order valence-corrected chi connectivity index (χ3v) is 6.24. The van der Waals surface area contributed by atoms with Gasteiger partial charge in [0.2, 0.25) is 5.82 Å². The summed E-state index contributed by atoms with van der Waals surface area (Å²) >= 11 is 0. The first-order chi connectivity index (χ1) is 14.8. The van der Waals surface area contributed by atoms with Crippen molar-refractivity contribution in [1.82, 2.24) is 19.9 Å². The van der Waals surface area contributed by atoms with Crippen molar-refractivity contribution in [3.8, 4) is 11.4 Å². The number of rotatable bonds is 4. The van der Waals surface area contributed by atoms with E-state index in [2.05, 4.69) is 26.5 Å². The van der Waals surface area contributed by atoms with E-state index in [-0.39, 0.29) is 11.7 Å². The first-order valence-corrected chi connectivity index (χ1v) is 10.8. The summed E-state index contributed by atoms with van der Waals surface area (Å²) in [5.74, 6) is -0.457. The van der Waals surface area contributed by atoms with E-state index in [1.807, 2.05) is 4.90 Å². The molecule has 2 aliphatic rings. The van der Waals surface area contributed by atoms with Gasteiger partial charge in [-0.3, -0.25) is 4.79 Å². The van der Waals surface area contributed by atoms with Gasteiger partial charge >= 0.3 is 12.1 Å². The second-order valence-corrected chi connectivity index (χ2v) is 8.74. The fourth-order valence-corrected chi connectivity index (χ4v) is 4.44. The number of likely N-dealkylation sites (tertiary alicyclic amines) is 2. The zero-order valence-electron chi connectivity index (χ0n) is 17.6. The molecule has 1 aromatic heterocycles. The van der Waals surface area contributed by atoms with Gasteiger partial charge in [-0.15, -0.1) is 0 Å². The van der Waals surface area contributed by atoms with E-state index in [9.17, 15) is 18.0 Å². The highest BCUT2D eigenvalue weighted by molar-refractivity contribution is 5.95. The van der Waals surface area contributed by atoms with Crippen molar-refractivity contribution >= 4 is 5.91 Å². The molecule has 1 aromatic carbocycles. The van der Waals surface area contributed by atoms with Crippen LogP contribution in [0.1, 0.15) is 48.9 Å². The Balaban J connectivity index is 1.42. The summed E-state index contributed by atoms with van der Waals surface area (Å²) in [6, 6.07) is 6.40. The van der Waals surface area contributed by atoms with Gasteiger partial charge in [0.25, 0.3) is 5.91 Å². The molecule has 2 saturated heterocycles. The minimum atomic E-state index is -4.70. The molecule has 1 atom stereocenters. The van der Waals surface area contributed by atoms with Crippen LogP contribution in [0.3, 0.4) is 0 Å². The average molecular weight is 436 g/mol. The third-order valence-electron chi connectivity index (χ3n) is 6.24. The van der Waals surface area contributed by atoms with Gasteiger partial charge < -0.3 is 14.3 Å². The molecule has 9 heteroatoms. The molecule has 168 valence electrons. The largest absolute Gasteiger partial charge is 0.471 e. The number of carbonyl (C=O) groups is 1. The zero-order chi connectivity index (χ0) is 22.0. The second-order valence-electron chi connectivity index (χ2n) is 8.74. The molecule has 2 aromatic rings. The number of hydrogen-bond donors (Lipinski definition) is 0. The summed E-state index contributed by atoms with van der Waals surface area (Å²) in [6.45, 7) is 6.95. The van der Waals surface area contributed by atoms with Crippen LogP contribution in [0, 0.1) is 11.8 Å². The number of hydrogen-bond acceptors (Lipinski definition) is 5. The van der Waals surface area contributed by atoms with Crippen molar-refractivity contribution in [1.29, 1.82) is 0 Å². The molecule has 3 heterocycles. The zero-order valence-corrected chi connectivity index (χ0v) is 17.6. The lowest BCUT2D eigenvalue weighted by Gasteiger charge is -2.38. The smallest absolute Gasteiger partial charge is 0.338 e. The molecule has 0 unspecified atom stereocenters. The van der Waals surface area contributed by atoms with E-state index in [0.717, 1.165) is 38.4 Å². The first-order valence-electron chi connectivity index (χ1n) is 10.8. The van der Waals surface area contributed by atoms with Gasteiger partial charge in [-0.05, 0) is 62.7 Å². The lowest BCUT2D eigenvalue weighted by atomic mass is 9.94. The number of piperidine rings is 2. The maximum Gasteiger partial charge on any atom is 0.471 e. The summed E-state index contributed by atoms with van der Waals surface area (Å²) in [5, 5.41) is 3.41. The molecule has 2 aliphatic heterocycles. The molecule has 6 nitrogen and oxygen atoms in total. The predicted octanol–water partition coefficient (Wildman–Crippen LogP) is 4.34. The molecular formula is C22H27F3N4O2. The lowest BCUT2D eigenvalue weighted by molar-refractivity contribution is -0.159. The highest BCUT2D eigenvalue weighted by Crippen LogP contribution is 2.30. The summed E-state index contributed by atoms with van der Waals surface area (Å²) < 4.78 is 42.5. The van der Waals surface area contributed by atoms with Gasteiger partial charge in [0.1, 0.15) is 0 Å². The number of carbonyl (C=O) groups excluding carboxylic acids is 1. The number of halogens is 3. The summed E-state index contributed by atoms with van der Waals surface area (Å²) in [5.41, 5.74) is 0.740. The Labute approximate surface area is 179 Å². The highest BCUT2D eigenvalue weighted by atomic mass is 19.4. The number of nitrogens with zero attached hydrogens (tertiary/aromatic N) is 4. The highest BCUT2D eigenvalue weighted by Gasteiger charge is 2.38. The first kappa shape index (κ1) is 21.8. The van der Waals surface area contributed by atoms with E-state index in [4.69, 9.17) is 0 Å². The topological polar surface area (TPSA) is 62.5 Å². The fraction of sp³-hybridized carbons (Fsp3) is 0.591. The van der Waals surface area contributed by atoms with E-state index >= 15 is 0 Å². The van der Waals surface area contributed by atoms with E-state index in [0.29, 0.717) is 30.1 Å². The van der Waals surface area contributed by atoms with Crippen LogP contribution in [0.2, 0.25) is 0 Å². The molecule has 1 amide bonds. The van der Waals surface area contributed by atoms with Crippen LogP contribution in [-0.4, -0.2) is 58.6 Å². The maximum absolute atomic E-state index is 13.1. The van der Waals surface area contributed by atoms with Crippen molar-refractivity contribution in [2.45, 2.75) is 38.8 Å². The maximum atomic E-state index is 13.1. The Morgan fingerprint density at radius 2 is 1.97 bits per heavy atom. The van der Waals surface area contributed by atoms with Crippen molar-refractivity contribution in [3.63, 3.8) is 0 Å².